The van der Waals surface area contributed by atoms with Crippen molar-refractivity contribution in [2.24, 2.45) is 0 Å². The number of rotatable bonds is 10. The lowest BCUT2D eigenvalue weighted by Crippen LogP contribution is -2.34. The first-order valence-corrected chi connectivity index (χ1v) is 10.8. The number of hydrogen-bond donors (Lipinski definition) is 0. The van der Waals surface area contributed by atoms with Crippen LogP contribution in [0, 0.1) is 0 Å². The van der Waals surface area contributed by atoms with Crippen LogP contribution in [-0.2, 0) is 18.4 Å². The van der Waals surface area contributed by atoms with Crippen LogP contribution in [0.2, 0.25) is 0 Å². The van der Waals surface area contributed by atoms with Gasteiger partial charge in [-0.25, -0.2) is 4.98 Å². The minimum atomic E-state index is -0.00871. The van der Waals surface area contributed by atoms with Crippen LogP contribution in [0.15, 0.2) is 73.1 Å². The molecule has 0 N–H and O–H groups in total. The summed E-state index contributed by atoms with van der Waals surface area (Å²) in [6.45, 7) is 8.06. The van der Waals surface area contributed by atoms with Gasteiger partial charge in [-0.1, -0.05) is 94.3 Å². The predicted octanol–water partition coefficient (Wildman–Crippen LogP) is 6.77. The van der Waals surface area contributed by atoms with Crippen LogP contribution in [0.3, 0.4) is 0 Å². The van der Waals surface area contributed by atoms with Crippen molar-refractivity contribution in [3.05, 3.63) is 90.0 Å². The smallest absolute Gasteiger partial charge is 0.112 e. The summed E-state index contributed by atoms with van der Waals surface area (Å²) >= 11 is 0. The van der Waals surface area contributed by atoms with Gasteiger partial charge in [0.05, 0.1) is 0 Å². The third kappa shape index (κ3) is 4.55. The summed E-state index contributed by atoms with van der Waals surface area (Å²) in [6, 6.07) is 21.9. The molecular formula is C26H34N2. The highest BCUT2D eigenvalue weighted by Crippen LogP contribution is 2.43. The first-order valence-electron chi connectivity index (χ1n) is 10.8. The van der Waals surface area contributed by atoms with Gasteiger partial charge >= 0.3 is 0 Å². The van der Waals surface area contributed by atoms with Crippen molar-refractivity contribution < 1.29 is 0 Å². The Hall–Kier alpha value is -2.35. The molecule has 1 heterocycles. The van der Waals surface area contributed by atoms with Crippen molar-refractivity contribution in [3.8, 4) is 0 Å². The molecule has 0 saturated carbocycles. The van der Waals surface area contributed by atoms with Crippen LogP contribution >= 0.6 is 0 Å². The van der Waals surface area contributed by atoms with Gasteiger partial charge in [-0.2, -0.15) is 0 Å². The highest BCUT2D eigenvalue weighted by atomic mass is 15.1. The first-order chi connectivity index (χ1) is 13.7. The molecule has 0 aliphatic carbocycles. The molecule has 2 atom stereocenters. The molecular weight excluding hydrogens is 340 g/mol. The molecule has 0 aliphatic heterocycles. The van der Waals surface area contributed by atoms with Crippen molar-refractivity contribution in [1.29, 1.82) is 0 Å². The van der Waals surface area contributed by atoms with Crippen LogP contribution in [0.5, 0.6) is 0 Å². The topological polar surface area (TPSA) is 17.8 Å². The van der Waals surface area contributed by atoms with Gasteiger partial charge in [-0.05, 0) is 30.4 Å². The standard InChI is InChI=1S/C26H34N2/c1-4-6-13-19-28-20-18-27-25(28)24(5-2)26(3,23-16-11-8-12-17-23)21-22-14-9-7-10-15-22/h7-12,14-18,20,24H,4-6,13,19,21H2,1-3H3. The largest absolute Gasteiger partial charge is 0.335 e. The van der Waals surface area contributed by atoms with E-state index in [0.717, 1.165) is 19.4 Å². The van der Waals surface area contributed by atoms with Crippen LogP contribution in [0.25, 0.3) is 0 Å². The molecule has 0 spiro atoms. The predicted molar refractivity (Wildman–Crippen MR) is 119 cm³/mol. The Kier molecular flexibility index (Phi) is 7.08. The molecule has 148 valence electrons. The van der Waals surface area contributed by atoms with Crippen molar-refractivity contribution >= 4 is 0 Å². The zero-order chi connectivity index (χ0) is 19.8. The van der Waals surface area contributed by atoms with Crippen LogP contribution in [0.4, 0.5) is 0 Å². The SMILES string of the molecule is CCCCCn1ccnc1C(CC)C(C)(Cc1ccccc1)c1ccccc1. The Bertz CT molecular complexity index is 822. The Morgan fingerprint density at radius 1 is 0.929 bits per heavy atom. The zero-order valence-corrected chi connectivity index (χ0v) is 17.6. The van der Waals surface area contributed by atoms with Gasteiger partial charge in [0.2, 0.25) is 0 Å². The molecule has 2 heteroatoms. The highest BCUT2D eigenvalue weighted by Gasteiger charge is 2.38. The number of unbranched alkanes of at least 4 members (excludes halogenated alkanes) is 2. The fourth-order valence-electron chi connectivity index (χ4n) is 4.54. The lowest BCUT2D eigenvalue weighted by Gasteiger charge is -2.38. The molecule has 0 aliphatic rings. The maximum Gasteiger partial charge on any atom is 0.112 e. The van der Waals surface area contributed by atoms with Crippen molar-refractivity contribution in [1.82, 2.24) is 9.55 Å². The molecule has 3 rings (SSSR count). The second kappa shape index (κ2) is 9.73. The van der Waals surface area contributed by atoms with Crippen molar-refractivity contribution in [3.63, 3.8) is 0 Å². The van der Waals surface area contributed by atoms with Crippen molar-refractivity contribution in [2.75, 3.05) is 0 Å². The van der Waals surface area contributed by atoms with E-state index in [2.05, 4.69) is 92.2 Å². The molecule has 0 radical (unpaired) electrons. The number of aryl methyl sites for hydroxylation is 1. The fourth-order valence-corrected chi connectivity index (χ4v) is 4.54. The lowest BCUT2D eigenvalue weighted by molar-refractivity contribution is 0.339. The van der Waals surface area contributed by atoms with E-state index in [0.29, 0.717) is 5.92 Å². The van der Waals surface area contributed by atoms with Crippen LogP contribution in [0.1, 0.15) is 69.3 Å². The summed E-state index contributed by atoms with van der Waals surface area (Å²) in [5.41, 5.74) is 2.77. The molecule has 2 unspecified atom stereocenters. The minimum Gasteiger partial charge on any atom is -0.335 e. The van der Waals surface area contributed by atoms with E-state index in [1.54, 1.807) is 0 Å². The molecule has 1 aromatic heterocycles. The number of imidazole rings is 1. The Morgan fingerprint density at radius 2 is 1.61 bits per heavy atom. The summed E-state index contributed by atoms with van der Waals surface area (Å²) in [7, 11) is 0. The van der Waals surface area contributed by atoms with E-state index >= 15 is 0 Å². The maximum absolute atomic E-state index is 4.86. The summed E-state index contributed by atoms with van der Waals surface area (Å²) in [6.07, 6.45) is 9.98. The molecule has 0 saturated heterocycles. The fraction of sp³-hybridized carbons (Fsp3) is 0.423. The lowest BCUT2D eigenvalue weighted by atomic mass is 9.66. The Labute approximate surface area is 170 Å². The van der Waals surface area contributed by atoms with E-state index < -0.39 is 0 Å². The van der Waals surface area contributed by atoms with Gasteiger partial charge < -0.3 is 4.57 Å². The molecule has 0 bridgehead atoms. The van der Waals surface area contributed by atoms with Crippen LogP contribution < -0.4 is 0 Å². The highest BCUT2D eigenvalue weighted by molar-refractivity contribution is 5.33. The van der Waals surface area contributed by atoms with E-state index in [9.17, 15) is 0 Å². The Balaban J connectivity index is 2.00. The molecule has 0 amide bonds. The normalized spacial score (nSPS) is 14.5. The molecule has 2 aromatic carbocycles. The quantitative estimate of drug-likeness (QED) is 0.358. The Morgan fingerprint density at radius 3 is 2.25 bits per heavy atom. The van der Waals surface area contributed by atoms with Crippen LogP contribution in [-0.4, -0.2) is 9.55 Å². The number of aromatic nitrogens is 2. The average Bonchev–Trinajstić information content (AvgIpc) is 3.18. The maximum atomic E-state index is 4.86. The van der Waals surface area contributed by atoms with E-state index in [1.165, 1.54) is 36.2 Å². The van der Waals surface area contributed by atoms with E-state index in [-0.39, 0.29) is 5.41 Å². The van der Waals surface area contributed by atoms with Gasteiger partial charge in [0, 0.05) is 30.3 Å². The molecule has 28 heavy (non-hydrogen) atoms. The number of benzene rings is 2. The molecule has 2 nitrogen and oxygen atoms in total. The van der Waals surface area contributed by atoms with Gasteiger partial charge in [0.15, 0.2) is 0 Å². The van der Waals surface area contributed by atoms with Gasteiger partial charge in [0.1, 0.15) is 5.82 Å². The monoisotopic (exact) mass is 374 g/mol. The number of hydrogen-bond acceptors (Lipinski definition) is 1. The minimum absolute atomic E-state index is 0.00871. The third-order valence-corrected chi connectivity index (χ3v) is 6.09. The zero-order valence-electron chi connectivity index (χ0n) is 17.6. The van der Waals surface area contributed by atoms with Crippen molar-refractivity contribution in [2.45, 2.75) is 70.8 Å². The van der Waals surface area contributed by atoms with Gasteiger partial charge in [0.25, 0.3) is 0 Å². The summed E-state index contributed by atoms with van der Waals surface area (Å²) in [4.78, 5) is 4.86. The summed E-state index contributed by atoms with van der Waals surface area (Å²) in [5, 5.41) is 0. The average molecular weight is 375 g/mol. The number of nitrogens with zero attached hydrogens (tertiary/aromatic N) is 2. The molecule has 3 aromatic rings. The first kappa shape index (κ1) is 20.4. The second-order valence-corrected chi connectivity index (χ2v) is 8.09. The second-order valence-electron chi connectivity index (χ2n) is 8.09. The van der Waals surface area contributed by atoms with Gasteiger partial charge in [-0.15, -0.1) is 0 Å². The van der Waals surface area contributed by atoms with E-state index in [1.807, 2.05) is 6.20 Å². The van der Waals surface area contributed by atoms with E-state index in [4.69, 9.17) is 4.98 Å². The summed E-state index contributed by atoms with van der Waals surface area (Å²) < 4.78 is 2.40. The third-order valence-electron chi connectivity index (χ3n) is 6.09. The summed E-state index contributed by atoms with van der Waals surface area (Å²) in [5.74, 6) is 1.60. The van der Waals surface area contributed by atoms with Gasteiger partial charge in [-0.3, -0.25) is 0 Å². The molecule has 0 fully saturated rings.